The highest BCUT2D eigenvalue weighted by Gasteiger charge is 2.19. The number of tetrazole rings is 1. The number of aromatic nitrogens is 6. The van der Waals surface area contributed by atoms with E-state index in [9.17, 15) is 9.90 Å². The highest BCUT2D eigenvalue weighted by Crippen LogP contribution is 2.35. The molecule has 0 atom stereocenters. The highest BCUT2D eigenvalue weighted by molar-refractivity contribution is 6.01. The van der Waals surface area contributed by atoms with Crippen LogP contribution in [0.1, 0.15) is 22.8 Å². The summed E-state index contributed by atoms with van der Waals surface area (Å²) in [5, 5.41) is 24.4. The number of nitrogens with zero attached hydrogens (tertiary/aromatic N) is 5. The third kappa shape index (κ3) is 4.85. The lowest BCUT2D eigenvalue weighted by Crippen LogP contribution is -2.08. The largest absolute Gasteiger partial charge is 0.478 e. The highest BCUT2D eigenvalue weighted by atomic mass is 16.5. The number of para-hydroxylation sites is 2. The molecule has 0 aliphatic carbocycles. The Kier molecular flexibility index (Phi) is 6.63. The lowest BCUT2D eigenvalue weighted by atomic mass is 9.97. The van der Waals surface area contributed by atoms with Crippen molar-refractivity contribution in [3.63, 3.8) is 0 Å². The van der Waals surface area contributed by atoms with Gasteiger partial charge in [-0.05, 0) is 71.3 Å². The number of H-pyrrole nitrogens is 1. The van der Waals surface area contributed by atoms with Crippen molar-refractivity contribution in [3.8, 4) is 40.0 Å². The Balaban J connectivity index is 1.37. The minimum absolute atomic E-state index is 0.174. The molecule has 0 spiro atoms. The number of imidazole rings is 1. The topological polar surface area (TPSA) is 128 Å². The van der Waals surface area contributed by atoms with Gasteiger partial charge in [0.15, 0.2) is 0 Å². The number of fused-ring (bicyclic) bond motifs is 1. The number of aromatic amines is 1. The Bertz CT molecular complexity index is 1780. The van der Waals surface area contributed by atoms with E-state index in [-0.39, 0.29) is 5.56 Å². The molecule has 2 aromatic heterocycles. The van der Waals surface area contributed by atoms with Gasteiger partial charge in [-0.2, -0.15) is 10.2 Å². The molecule has 0 bridgehead atoms. The second-order valence-corrected chi connectivity index (χ2v) is 8.95. The van der Waals surface area contributed by atoms with Crippen molar-refractivity contribution >= 4 is 17.0 Å². The normalized spacial score (nSPS) is 11.0. The first-order valence-electron chi connectivity index (χ1n) is 12.7. The molecule has 0 fully saturated rings. The van der Waals surface area contributed by atoms with Crippen LogP contribution in [0, 0.1) is 0 Å². The van der Waals surface area contributed by atoms with Crippen LogP contribution in [0.15, 0.2) is 91.0 Å². The number of nitrogens with one attached hydrogen (secondary N) is 1. The molecule has 4 aromatic carbocycles. The standard InChI is InChI=1S/C30H24N6O4/c1-2-39-30-31-26-10-6-9-24(29(37)38)27(26)36(30)18-19-11-13-20(14-12-19)25-17-22(40-21-7-4-3-5-8-21)15-16-23(25)28-32-34-35-33-28/h3-17H,2,18H2,1H3,(H,37,38)(H,32,33,34,35). The van der Waals surface area contributed by atoms with Crippen molar-refractivity contribution in [2.45, 2.75) is 13.5 Å². The molecule has 198 valence electrons. The van der Waals surface area contributed by atoms with E-state index >= 15 is 0 Å². The van der Waals surface area contributed by atoms with Gasteiger partial charge >= 0.3 is 5.97 Å². The van der Waals surface area contributed by atoms with Gasteiger partial charge in [-0.3, -0.25) is 4.57 Å². The molecule has 0 aliphatic heterocycles. The fourth-order valence-corrected chi connectivity index (χ4v) is 4.62. The number of hydrogen-bond donors (Lipinski definition) is 2. The number of carboxylic acid groups (broad SMARTS) is 1. The van der Waals surface area contributed by atoms with Gasteiger partial charge < -0.3 is 14.6 Å². The second kappa shape index (κ2) is 10.7. The molecule has 2 heterocycles. The summed E-state index contributed by atoms with van der Waals surface area (Å²) in [5.41, 5.74) is 4.81. The summed E-state index contributed by atoms with van der Waals surface area (Å²) in [6.45, 7) is 2.66. The summed E-state index contributed by atoms with van der Waals surface area (Å²) in [6.07, 6.45) is 0. The fraction of sp³-hybridized carbons (Fsp3) is 0.100. The Morgan fingerprint density at radius 1 is 0.925 bits per heavy atom. The van der Waals surface area contributed by atoms with Crippen LogP contribution >= 0.6 is 0 Å². The van der Waals surface area contributed by atoms with E-state index in [2.05, 4.69) is 25.6 Å². The lowest BCUT2D eigenvalue weighted by molar-refractivity contribution is 0.0698. The monoisotopic (exact) mass is 532 g/mol. The van der Waals surface area contributed by atoms with Gasteiger partial charge in [0.2, 0.25) is 5.82 Å². The average Bonchev–Trinajstić information content (AvgIpc) is 3.63. The summed E-state index contributed by atoms with van der Waals surface area (Å²) in [6, 6.07) is 28.7. The van der Waals surface area contributed by atoms with E-state index in [1.165, 1.54) is 0 Å². The summed E-state index contributed by atoms with van der Waals surface area (Å²) < 4.78 is 13.6. The lowest BCUT2D eigenvalue weighted by Gasteiger charge is -2.13. The van der Waals surface area contributed by atoms with Gasteiger partial charge in [-0.25, -0.2) is 4.79 Å². The molecular formula is C30H24N6O4. The number of rotatable bonds is 9. The fourth-order valence-electron chi connectivity index (χ4n) is 4.62. The molecule has 40 heavy (non-hydrogen) atoms. The van der Waals surface area contributed by atoms with Crippen molar-refractivity contribution in [2.75, 3.05) is 6.61 Å². The first kappa shape index (κ1) is 24.8. The van der Waals surface area contributed by atoms with Crippen LogP contribution in [0.3, 0.4) is 0 Å². The maximum Gasteiger partial charge on any atom is 0.337 e. The van der Waals surface area contributed by atoms with Crippen molar-refractivity contribution in [1.82, 2.24) is 30.2 Å². The van der Waals surface area contributed by atoms with Crippen LogP contribution in [-0.4, -0.2) is 47.9 Å². The Hall–Kier alpha value is -5.51. The van der Waals surface area contributed by atoms with E-state index in [4.69, 9.17) is 9.47 Å². The van der Waals surface area contributed by atoms with E-state index in [1.807, 2.05) is 79.7 Å². The third-order valence-electron chi connectivity index (χ3n) is 6.40. The molecule has 6 rings (SSSR count). The summed E-state index contributed by atoms with van der Waals surface area (Å²) in [7, 11) is 0. The third-order valence-corrected chi connectivity index (χ3v) is 6.40. The average molecular weight is 533 g/mol. The van der Waals surface area contributed by atoms with Gasteiger partial charge in [0.25, 0.3) is 6.01 Å². The molecule has 0 unspecified atom stereocenters. The Morgan fingerprint density at radius 3 is 2.48 bits per heavy atom. The second-order valence-electron chi connectivity index (χ2n) is 8.95. The number of aromatic carboxylic acids is 1. The molecule has 10 nitrogen and oxygen atoms in total. The van der Waals surface area contributed by atoms with Gasteiger partial charge in [-0.15, -0.1) is 10.2 Å². The summed E-state index contributed by atoms with van der Waals surface area (Å²) >= 11 is 0. The van der Waals surface area contributed by atoms with Crippen LogP contribution in [0.2, 0.25) is 0 Å². The molecule has 10 heteroatoms. The quantitative estimate of drug-likeness (QED) is 0.238. The number of ether oxygens (including phenoxy) is 2. The maximum absolute atomic E-state index is 12.0. The van der Waals surface area contributed by atoms with Crippen LogP contribution < -0.4 is 9.47 Å². The van der Waals surface area contributed by atoms with Gasteiger partial charge in [0.1, 0.15) is 11.5 Å². The molecule has 0 saturated heterocycles. The zero-order chi connectivity index (χ0) is 27.5. The number of hydrogen-bond acceptors (Lipinski definition) is 7. The van der Waals surface area contributed by atoms with Crippen LogP contribution in [-0.2, 0) is 6.54 Å². The van der Waals surface area contributed by atoms with Gasteiger partial charge in [0.05, 0.1) is 29.7 Å². The van der Waals surface area contributed by atoms with Crippen molar-refractivity contribution in [2.24, 2.45) is 0 Å². The Labute approximate surface area is 228 Å². The molecule has 0 radical (unpaired) electrons. The summed E-state index contributed by atoms with van der Waals surface area (Å²) in [4.78, 5) is 16.5. The predicted octanol–water partition coefficient (Wildman–Crippen LogP) is 5.82. The minimum atomic E-state index is -1.02. The SMILES string of the molecule is CCOc1nc2cccc(C(=O)O)c2n1Cc1ccc(-c2cc(Oc3ccccc3)ccc2-c2nn[nH]n2)cc1. The molecule has 0 saturated carbocycles. The maximum atomic E-state index is 12.0. The number of carboxylic acids is 1. The van der Waals surface area contributed by atoms with Crippen molar-refractivity contribution in [1.29, 1.82) is 0 Å². The van der Waals surface area contributed by atoms with Crippen LogP contribution in [0.5, 0.6) is 17.5 Å². The molecular weight excluding hydrogens is 508 g/mol. The van der Waals surface area contributed by atoms with Crippen molar-refractivity contribution < 1.29 is 19.4 Å². The minimum Gasteiger partial charge on any atom is -0.478 e. The van der Waals surface area contributed by atoms with Crippen LogP contribution in [0.4, 0.5) is 0 Å². The smallest absolute Gasteiger partial charge is 0.337 e. The number of benzene rings is 4. The Morgan fingerprint density at radius 2 is 1.75 bits per heavy atom. The first-order chi connectivity index (χ1) is 19.6. The van der Waals surface area contributed by atoms with E-state index in [1.54, 1.807) is 22.8 Å². The van der Waals surface area contributed by atoms with E-state index in [0.29, 0.717) is 41.8 Å². The van der Waals surface area contributed by atoms with Crippen LogP contribution in [0.25, 0.3) is 33.5 Å². The first-order valence-corrected chi connectivity index (χ1v) is 12.7. The van der Waals surface area contributed by atoms with Gasteiger partial charge in [0, 0.05) is 5.56 Å². The summed E-state index contributed by atoms with van der Waals surface area (Å²) in [5.74, 6) is 0.856. The zero-order valence-electron chi connectivity index (χ0n) is 21.5. The molecule has 0 amide bonds. The van der Waals surface area contributed by atoms with E-state index in [0.717, 1.165) is 28.0 Å². The van der Waals surface area contributed by atoms with Crippen molar-refractivity contribution in [3.05, 3.63) is 102 Å². The zero-order valence-corrected chi connectivity index (χ0v) is 21.5. The van der Waals surface area contributed by atoms with Gasteiger partial charge in [-0.1, -0.05) is 48.5 Å². The molecule has 0 aliphatic rings. The molecule has 2 N–H and O–H groups in total. The predicted molar refractivity (Wildman–Crippen MR) is 149 cm³/mol. The number of carbonyl (C=O) groups is 1. The van der Waals surface area contributed by atoms with E-state index < -0.39 is 5.97 Å². The molecule has 6 aromatic rings.